The smallest absolute Gasteiger partial charge is 0.274 e. The summed E-state index contributed by atoms with van der Waals surface area (Å²) in [7, 11) is -3.91. The molecule has 1 aromatic carbocycles. The lowest BCUT2D eigenvalue weighted by atomic mass is 10.0. The summed E-state index contributed by atoms with van der Waals surface area (Å²) >= 11 is 0. The van der Waals surface area contributed by atoms with Gasteiger partial charge in [-0.3, -0.25) is 9.80 Å². The molecule has 1 saturated carbocycles. The van der Waals surface area contributed by atoms with Gasteiger partial charge in [-0.05, 0) is 37.8 Å². The predicted octanol–water partition coefficient (Wildman–Crippen LogP) is 2.12. The number of carbonyl (C=O) groups is 1. The third-order valence-electron chi connectivity index (χ3n) is 4.97. The van der Waals surface area contributed by atoms with Gasteiger partial charge in [0.05, 0.1) is 5.25 Å². The summed E-state index contributed by atoms with van der Waals surface area (Å²) in [6, 6.07) is 8.36. The third-order valence-corrected chi connectivity index (χ3v) is 7.14. The Labute approximate surface area is 154 Å². The molecule has 2 N–H and O–H groups in total. The SMILES string of the molecule is NC(=NN1CCCC1)N(C(=O)c1ccccc1)S(=O)(=O)C1CCCCC1. The fourth-order valence-electron chi connectivity index (χ4n) is 3.55. The van der Waals surface area contributed by atoms with E-state index >= 15 is 0 Å². The fraction of sp³-hybridized carbons (Fsp3) is 0.556. The first-order chi connectivity index (χ1) is 12.5. The molecule has 2 fully saturated rings. The summed E-state index contributed by atoms with van der Waals surface area (Å²) in [4.78, 5) is 13.0. The van der Waals surface area contributed by atoms with Gasteiger partial charge in [0, 0.05) is 18.7 Å². The Bertz CT molecular complexity index is 752. The first kappa shape index (κ1) is 18.7. The van der Waals surface area contributed by atoms with Crippen LogP contribution in [0.1, 0.15) is 55.3 Å². The van der Waals surface area contributed by atoms with Crippen molar-refractivity contribution < 1.29 is 13.2 Å². The van der Waals surface area contributed by atoms with E-state index in [-0.39, 0.29) is 11.5 Å². The minimum absolute atomic E-state index is 0.258. The van der Waals surface area contributed by atoms with Crippen molar-refractivity contribution in [2.24, 2.45) is 10.8 Å². The molecule has 0 aromatic heterocycles. The van der Waals surface area contributed by atoms with Crippen molar-refractivity contribution in [2.75, 3.05) is 13.1 Å². The minimum atomic E-state index is -3.91. The molecule has 0 bridgehead atoms. The third kappa shape index (κ3) is 4.00. The Balaban J connectivity index is 1.96. The molecular weight excluding hydrogens is 352 g/mol. The van der Waals surface area contributed by atoms with Crippen molar-refractivity contribution in [2.45, 2.75) is 50.2 Å². The fourth-order valence-corrected chi connectivity index (χ4v) is 5.41. The number of nitrogens with zero attached hydrogens (tertiary/aromatic N) is 3. The largest absolute Gasteiger partial charge is 0.367 e. The molecule has 8 heteroatoms. The number of benzene rings is 1. The highest BCUT2D eigenvalue weighted by atomic mass is 32.2. The first-order valence-electron chi connectivity index (χ1n) is 9.22. The maximum absolute atomic E-state index is 13.2. The van der Waals surface area contributed by atoms with E-state index < -0.39 is 21.2 Å². The van der Waals surface area contributed by atoms with Gasteiger partial charge in [0.25, 0.3) is 5.91 Å². The molecule has 3 rings (SSSR count). The Kier molecular flexibility index (Phi) is 5.80. The number of hydrazone groups is 1. The minimum Gasteiger partial charge on any atom is -0.367 e. The molecule has 0 spiro atoms. The highest BCUT2D eigenvalue weighted by Gasteiger charge is 2.39. The summed E-state index contributed by atoms with van der Waals surface area (Å²) in [5.41, 5.74) is 6.35. The van der Waals surface area contributed by atoms with Gasteiger partial charge in [-0.15, -0.1) is 5.10 Å². The van der Waals surface area contributed by atoms with Gasteiger partial charge in [-0.25, -0.2) is 8.42 Å². The molecule has 7 nitrogen and oxygen atoms in total. The predicted molar refractivity (Wildman–Crippen MR) is 101 cm³/mol. The molecule has 1 saturated heterocycles. The molecule has 1 amide bonds. The summed E-state index contributed by atoms with van der Waals surface area (Å²) in [6.07, 6.45) is 5.80. The van der Waals surface area contributed by atoms with E-state index in [0.717, 1.165) is 49.5 Å². The topological polar surface area (TPSA) is 96.1 Å². The van der Waals surface area contributed by atoms with Crippen molar-refractivity contribution in [3.8, 4) is 0 Å². The Morgan fingerprint density at radius 2 is 1.65 bits per heavy atom. The van der Waals surface area contributed by atoms with Crippen LogP contribution in [-0.4, -0.2) is 47.9 Å². The molecule has 2 aliphatic rings. The quantitative estimate of drug-likeness (QED) is 0.639. The zero-order chi connectivity index (χ0) is 18.6. The van der Waals surface area contributed by atoms with Crippen LogP contribution in [0.15, 0.2) is 35.4 Å². The zero-order valence-electron chi connectivity index (χ0n) is 14.9. The summed E-state index contributed by atoms with van der Waals surface area (Å²) < 4.78 is 27.2. The van der Waals surface area contributed by atoms with E-state index in [9.17, 15) is 13.2 Å². The van der Waals surface area contributed by atoms with Gasteiger partial charge in [-0.2, -0.15) is 4.31 Å². The van der Waals surface area contributed by atoms with E-state index in [0.29, 0.717) is 12.8 Å². The maximum Gasteiger partial charge on any atom is 0.274 e. The molecule has 1 aliphatic carbocycles. The van der Waals surface area contributed by atoms with Crippen LogP contribution < -0.4 is 5.73 Å². The highest BCUT2D eigenvalue weighted by molar-refractivity contribution is 7.90. The van der Waals surface area contributed by atoms with Crippen LogP contribution in [-0.2, 0) is 10.0 Å². The molecule has 0 atom stereocenters. The second-order valence-corrected chi connectivity index (χ2v) is 8.92. The number of nitrogens with two attached hydrogens (primary N) is 1. The molecular formula is C18H26N4O3S. The van der Waals surface area contributed by atoms with Crippen LogP contribution in [0.5, 0.6) is 0 Å². The molecule has 0 unspecified atom stereocenters. The van der Waals surface area contributed by atoms with Gasteiger partial charge < -0.3 is 5.73 Å². The Hall–Kier alpha value is -2.09. The Morgan fingerprint density at radius 3 is 2.27 bits per heavy atom. The van der Waals surface area contributed by atoms with Crippen LogP contribution in [0.2, 0.25) is 0 Å². The monoisotopic (exact) mass is 378 g/mol. The van der Waals surface area contributed by atoms with Crippen LogP contribution >= 0.6 is 0 Å². The highest BCUT2D eigenvalue weighted by Crippen LogP contribution is 2.27. The second-order valence-electron chi connectivity index (χ2n) is 6.86. The maximum atomic E-state index is 13.2. The number of guanidine groups is 1. The molecule has 26 heavy (non-hydrogen) atoms. The van der Waals surface area contributed by atoms with Crippen molar-refractivity contribution in [1.29, 1.82) is 0 Å². The lowest BCUT2D eigenvalue weighted by Crippen LogP contribution is -2.50. The van der Waals surface area contributed by atoms with E-state index in [4.69, 9.17) is 5.73 Å². The molecule has 1 aromatic rings. The summed E-state index contributed by atoms with van der Waals surface area (Å²) in [6.45, 7) is 1.44. The Morgan fingerprint density at radius 1 is 1.04 bits per heavy atom. The normalized spacial score (nSPS) is 19.5. The van der Waals surface area contributed by atoms with Crippen molar-refractivity contribution in [3.05, 3.63) is 35.9 Å². The number of rotatable bonds is 4. The summed E-state index contributed by atoms with van der Waals surface area (Å²) in [5, 5.41) is 5.38. The standard InChI is InChI=1S/C18H26N4O3S/c19-18(20-21-13-7-8-14-21)22(17(23)15-9-3-1-4-10-15)26(24,25)16-11-5-2-6-12-16/h1,3-4,9-10,16H,2,5-8,11-14H2,(H2,19,20). The van der Waals surface area contributed by atoms with E-state index in [1.54, 1.807) is 35.3 Å². The number of hydrogen-bond acceptors (Lipinski definition) is 5. The van der Waals surface area contributed by atoms with Crippen molar-refractivity contribution in [1.82, 2.24) is 9.31 Å². The van der Waals surface area contributed by atoms with Crippen LogP contribution in [0, 0.1) is 0 Å². The number of sulfonamides is 1. The lowest BCUT2D eigenvalue weighted by Gasteiger charge is -2.29. The average Bonchev–Trinajstić information content (AvgIpc) is 3.16. The lowest BCUT2D eigenvalue weighted by molar-refractivity contribution is 0.0909. The van der Waals surface area contributed by atoms with Gasteiger partial charge in [0.1, 0.15) is 0 Å². The average molecular weight is 378 g/mol. The molecule has 1 aliphatic heterocycles. The van der Waals surface area contributed by atoms with E-state index in [2.05, 4.69) is 5.10 Å². The van der Waals surface area contributed by atoms with Crippen LogP contribution in [0.4, 0.5) is 0 Å². The molecule has 1 heterocycles. The van der Waals surface area contributed by atoms with Crippen LogP contribution in [0.25, 0.3) is 0 Å². The number of carbonyl (C=O) groups excluding carboxylic acids is 1. The van der Waals surface area contributed by atoms with Gasteiger partial charge >= 0.3 is 0 Å². The second kappa shape index (κ2) is 8.07. The zero-order valence-corrected chi connectivity index (χ0v) is 15.7. The van der Waals surface area contributed by atoms with Gasteiger partial charge in [0.2, 0.25) is 16.0 Å². The van der Waals surface area contributed by atoms with Crippen LogP contribution in [0.3, 0.4) is 0 Å². The van der Waals surface area contributed by atoms with Gasteiger partial charge in [-0.1, -0.05) is 37.5 Å². The molecule has 142 valence electrons. The van der Waals surface area contributed by atoms with E-state index in [1.807, 2.05) is 0 Å². The summed E-state index contributed by atoms with van der Waals surface area (Å²) in [5.74, 6) is -0.900. The number of hydrogen-bond donors (Lipinski definition) is 1. The first-order valence-corrected chi connectivity index (χ1v) is 10.7. The van der Waals surface area contributed by atoms with Crippen molar-refractivity contribution in [3.63, 3.8) is 0 Å². The van der Waals surface area contributed by atoms with Gasteiger partial charge in [0.15, 0.2) is 0 Å². The van der Waals surface area contributed by atoms with Crippen molar-refractivity contribution >= 4 is 21.9 Å². The van der Waals surface area contributed by atoms with E-state index in [1.165, 1.54) is 0 Å². The number of amides is 1. The molecule has 0 radical (unpaired) electrons.